The van der Waals surface area contributed by atoms with Crippen LogP contribution in [0, 0.1) is 5.82 Å². The number of hydrogen-bond donors (Lipinski definition) is 2. The number of halogens is 1. The summed E-state index contributed by atoms with van der Waals surface area (Å²) in [4.78, 5) is 0. The van der Waals surface area contributed by atoms with E-state index < -0.39 is 0 Å². The molecule has 0 fully saturated rings. The number of rotatable bonds is 5. The lowest BCUT2D eigenvalue weighted by Gasteiger charge is -2.22. The number of hydrogen-bond acceptors (Lipinski definition) is 1. The maximum Gasteiger partial charge on any atom is 0.165 e. The smallest absolute Gasteiger partial charge is 0.165 e. The maximum atomic E-state index is 13.4. The van der Waals surface area contributed by atoms with Gasteiger partial charge in [0.2, 0.25) is 0 Å². The Morgan fingerprint density at radius 2 is 2.14 bits per heavy atom. The third kappa shape index (κ3) is 3.29. The van der Waals surface area contributed by atoms with Gasteiger partial charge in [-0.3, -0.25) is 0 Å². The van der Waals surface area contributed by atoms with Crippen LogP contribution in [0.25, 0.3) is 0 Å². The van der Waals surface area contributed by atoms with E-state index >= 15 is 0 Å². The monoisotopic (exact) mass is 302 g/mol. The molecule has 0 aromatic heterocycles. The average molecular weight is 302 g/mol. The van der Waals surface area contributed by atoms with E-state index in [9.17, 15) is 4.39 Å². The quantitative estimate of drug-likeness (QED) is 0.841. The van der Waals surface area contributed by atoms with Gasteiger partial charge in [0.05, 0.1) is 13.7 Å². The topological polar surface area (TPSA) is 42.5 Å². The van der Waals surface area contributed by atoms with Crippen LogP contribution < -0.4 is 15.4 Å². The molecule has 116 valence electrons. The van der Waals surface area contributed by atoms with Crippen molar-refractivity contribution in [3.05, 3.63) is 65.0 Å². The summed E-state index contributed by atoms with van der Waals surface area (Å²) in [7, 11) is 1.50. The number of ether oxygens (including phenoxy) is 1. The van der Waals surface area contributed by atoms with Crippen LogP contribution in [0.2, 0.25) is 0 Å². The summed E-state index contributed by atoms with van der Waals surface area (Å²) >= 11 is 0. The molecule has 0 saturated carbocycles. The first kappa shape index (κ1) is 15.0. The predicted molar refractivity (Wildman–Crippen MR) is 83.1 cm³/mol. The first-order valence-corrected chi connectivity index (χ1v) is 7.83. The minimum absolute atomic E-state index is 0.305. The standard InChI is InChI=1S/C18H21FN2O/c1-22-18-10-13(6-7-16(18)19)11-20-12-17-15-5-3-2-4-14(15)8-9-21-17/h2-7,10,17,20-21H,8-9,11-12H2,1H3/p+2/t17-/m1/s1. The van der Waals surface area contributed by atoms with Crippen LogP contribution in [0.1, 0.15) is 22.7 Å². The van der Waals surface area contributed by atoms with E-state index in [0.717, 1.165) is 31.6 Å². The zero-order valence-corrected chi connectivity index (χ0v) is 12.9. The Labute approximate surface area is 130 Å². The molecule has 3 rings (SSSR count). The Bertz CT molecular complexity index is 645. The van der Waals surface area contributed by atoms with Crippen LogP contribution in [0.5, 0.6) is 5.75 Å². The van der Waals surface area contributed by atoms with Gasteiger partial charge in [-0.25, -0.2) is 4.39 Å². The second-order valence-electron chi connectivity index (χ2n) is 5.78. The molecule has 1 atom stereocenters. The molecule has 4 heteroatoms. The van der Waals surface area contributed by atoms with Gasteiger partial charge in [0, 0.05) is 17.5 Å². The molecule has 22 heavy (non-hydrogen) atoms. The minimum Gasteiger partial charge on any atom is -0.494 e. The number of quaternary nitrogens is 2. The Morgan fingerprint density at radius 1 is 1.27 bits per heavy atom. The molecule has 0 saturated heterocycles. The zero-order chi connectivity index (χ0) is 15.4. The van der Waals surface area contributed by atoms with E-state index in [0.29, 0.717) is 11.8 Å². The molecule has 0 bridgehead atoms. The summed E-state index contributed by atoms with van der Waals surface area (Å²) in [6.45, 7) is 3.01. The molecule has 1 heterocycles. The number of nitrogens with two attached hydrogens (primary N) is 2. The lowest BCUT2D eigenvalue weighted by atomic mass is 9.94. The average Bonchev–Trinajstić information content (AvgIpc) is 2.56. The highest BCUT2D eigenvalue weighted by Gasteiger charge is 2.23. The van der Waals surface area contributed by atoms with Crippen LogP contribution in [0.3, 0.4) is 0 Å². The molecule has 1 aliphatic rings. The number of fused-ring (bicyclic) bond motifs is 1. The van der Waals surface area contributed by atoms with Gasteiger partial charge < -0.3 is 15.4 Å². The lowest BCUT2D eigenvalue weighted by molar-refractivity contribution is -0.763. The summed E-state index contributed by atoms with van der Waals surface area (Å²) in [6.07, 6.45) is 1.15. The van der Waals surface area contributed by atoms with Crippen molar-refractivity contribution in [3.63, 3.8) is 0 Å². The number of benzene rings is 2. The zero-order valence-electron chi connectivity index (χ0n) is 12.9. The fourth-order valence-corrected chi connectivity index (χ4v) is 3.17. The fourth-order valence-electron chi connectivity index (χ4n) is 3.17. The van der Waals surface area contributed by atoms with Gasteiger partial charge in [-0.1, -0.05) is 30.3 Å². The molecule has 0 aliphatic carbocycles. The fraction of sp³-hybridized carbons (Fsp3) is 0.333. The highest BCUT2D eigenvalue weighted by atomic mass is 19.1. The molecule has 0 amide bonds. The maximum absolute atomic E-state index is 13.4. The second kappa shape index (κ2) is 6.90. The van der Waals surface area contributed by atoms with Gasteiger partial charge in [-0.05, 0) is 17.7 Å². The first-order chi connectivity index (χ1) is 10.8. The van der Waals surface area contributed by atoms with Gasteiger partial charge in [-0.2, -0.15) is 0 Å². The first-order valence-electron chi connectivity index (χ1n) is 7.83. The molecule has 2 aromatic rings. The van der Waals surface area contributed by atoms with Crippen molar-refractivity contribution in [1.82, 2.24) is 0 Å². The van der Waals surface area contributed by atoms with E-state index in [1.807, 2.05) is 6.07 Å². The molecule has 0 spiro atoms. The van der Waals surface area contributed by atoms with Gasteiger partial charge in [0.25, 0.3) is 0 Å². The highest BCUT2D eigenvalue weighted by Crippen LogP contribution is 2.18. The van der Waals surface area contributed by atoms with Crippen molar-refractivity contribution in [3.8, 4) is 5.75 Å². The molecule has 0 radical (unpaired) electrons. The lowest BCUT2D eigenvalue weighted by Crippen LogP contribution is -2.95. The largest absolute Gasteiger partial charge is 0.494 e. The van der Waals surface area contributed by atoms with E-state index in [1.54, 1.807) is 6.07 Å². The molecular weight excluding hydrogens is 279 g/mol. The summed E-state index contributed by atoms with van der Waals surface area (Å²) in [5, 5.41) is 4.71. The van der Waals surface area contributed by atoms with Crippen molar-refractivity contribution in [1.29, 1.82) is 0 Å². The Balaban J connectivity index is 1.60. The van der Waals surface area contributed by atoms with E-state index in [2.05, 4.69) is 34.9 Å². The van der Waals surface area contributed by atoms with Crippen molar-refractivity contribution in [2.24, 2.45) is 0 Å². The van der Waals surface area contributed by atoms with Crippen molar-refractivity contribution >= 4 is 0 Å². The number of methoxy groups -OCH3 is 1. The van der Waals surface area contributed by atoms with Crippen molar-refractivity contribution in [2.75, 3.05) is 20.2 Å². The molecule has 3 nitrogen and oxygen atoms in total. The summed E-state index contributed by atoms with van der Waals surface area (Å²) in [6, 6.07) is 14.3. The molecule has 4 N–H and O–H groups in total. The SMILES string of the molecule is COc1cc(C[NH2+]C[C@H]2[NH2+]CCc3ccccc32)ccc1F. The molecule has 1 aliphatic heterocycles. The van der Waals surface area contributed by atoms with Gasteiger partial charge in [0.1, 0.15) is 13.1 Å². The van der Waals surface area contributed by atoms with Crippen LogP contribution in [0.15, 0.2) is 42.5 Å². The molecular formula is C18H23FN2O+2. The summed E-state index contributed by atoms with van der Waals surface area (Å²) in [5.74, 6) is 0.0151. The van der Waals surface area contributed by atoms with Crippen LogP contribution in [-0.4, -0.2) is 20.2 Å². The second-order valence-corrected chi connectivity index (χ2v) is 5.78. The predicted octanol–water partition coefficient (Wildman–Crippen LogP) is 0.759. The van der Waals surface area contributed by atoms with Gasteiger partial charge in [0.15, 0.2) is 17.6 Å². The Morgan fingerprint density at radius 3 is 3.00 bits per heavy atom. The minimum atomic E-state index is -0.305. The van der Waals surface area contributed by atoms with E-state index in [1.165, 1.54) is 24.3 Å². The highest BCUT2D eigenvalue weighted by molar-refractivity contribution is 5.30. The summed E-state index contributed by atoms with van der Waals surface area (Å²) < 4.78 is 18.4. The third-order valence-corrected chi connectivity index (χ3v) is 4.34. The molecule has 0 unspecified atom stereocenters. The molecule has 2 aromatic carbocycles. The Kier molecular flexibility index (Phi) is 4.71. The van der Waals surface area contributed by atoms with Crippen molar-refractivity contribution < 1.29 is 19.8 Å². The van der Waals surface area contributed by atoms with Gasteiger partial charge >= 0.3 is 0 Å². The van der Waals surface area contributed by atoms with Crippen LogP contribution >= 0.6 is 0 Å². The van der Waals surface area contributed by atoms with E-state index in [4.69, 9.17) is 4.74 Å². The van der Waals surface area contributed by atoms with E-state index in [-0.39, 0.29) is 5.82 Å². The van der Waals surface area contributed by atoms with Crippen molar-refractivity contribution in [2.45, 2.75) is 19.0 Å². The summed E-state index contributed by atoms with van der Waals surface area (Å²) in [5.41, 5.74) is 4.02. The van der Waals surface area contributed by atoms with Crippen LogP contribution in [0.4, 0.5) is 4.39 Å². The third-order valence-electron chi connectivity index (χ3n) is 4.34. The van der Waals surface area contributed by atoms with Gasteiger partial charge in [-0.15, -0.1) is 0 Å². The Hall–Kier alpha value is -1.91. The van der Waals surface area contributed by atoms with Crippen LogP contribution in [-0.2, 0) is 13.0 Å². The normalized spacial score (nSPS) is 17.1.